The molecule has 39 heavy (non-hydrogen) atoms. The molecule has 0 spiro atoms. The Morgan fingerprint density at radius 2 is 0.974 bits per heavy atom. The van der Waals surface area contributed by atoms with Crippen LogP contribution in [0.4, 0.5) is 0 Å². The molecule has 0 bridgehead atoms. The van der Waals surface area contributed by atoms with Crippen molar-refractivity contribution >= 4 is 11.9 Å². The van der Waals surface area contributed by atoms with Crippen LogP contribution in [0.5, 0.6) is 34.5 Å². The van der Waals surface area contributed by atoms with Crippen molar-refractivity contribution in [2.75, 3.05) is 26.4 Å². The van der Waals surface area contributed by atoms with Gasteiger partial charge in [0, 0.05) is 28.2 Å². The Morgan fingerprint density at radius 3 is 1.26 bits per heavy atom. The number of carbonyl (C=O) groups is 2. The van der Waals surface area contributed by atoms with Crippen molar-refractivity contribution in [2.24, 2.45) is 0 Å². The third-order valence-electron chi connectivity index (χ3n) is 5.64. The van der Waals surface area contributed by atoms with E-state index >= 15 is 0 Å². The van der Waals surface area contributed by atoms with Crippen molar-refractivity contribution in [2.45, 2.75) is 60.8 Å². The molecule has 0 aliphatic rings. The van der Waals surface area contributed by atoms with E-state index in [1.165, 1.54) is 0 Å². The average Bonchev–Trinajstić information content (AvgIpc) is 2.90. The first-order chi connectivity index (χ1) is 18.6. The first-order valence-corrected chi connectivity index (χ1v) is 13.2. The molecule has 0 radical (unpaired) electrons. The summed E-state index contributed by atoms with van der Waals surface area (Å²) in [7, 11) is 0. The minimum atomic E-state index is -0.601. The van der Waals surface area contributed by atoms with Crippen LogP contribution in [0.3, 0.4) is 0 Å². The lowest BCUT2D eigenvalue weighted by atomic mass is 9.87. The molecule has 0 heterocycles. The van der Waals surface area contributed by atoms with E-state index in [-0.39, 0.29) is 22.6 Å². The Bertz CT molecular complexity index is 1110. The lowest BCUT2D eigenvalue weighted by Gasteiger charge is -2.26. The summed E-state index contributed by atoms with van der Waals surface area (Å²) in [5.41, 5.74) is 1.74. The molecule has 0 saturated heterocycles. The van der Waals surface area contributed by atoms with Gasteiger partial charge >= 0.3 is 11.9 Å². The maximum Gasteiger partial charge on any atom is 0.338 e. The molecule has 0 atom stereocenters. The normalized spacial score (nSPS) is 10.6. The smallest absolute Gasteiger partial charge is 0.338 e. The molecule has 8 heteroatoms. The lowest BCUT2D eigenvalue weighted by Crippen LogP contribution is -2.16. The Kier molecular flexibility index (Phi) is 11.9. The van der Waals surface area contributed by atoms with Gasteiger partial charge in [-0.15, -0.1) is 0 Å². The molecule has 0 unspecified atom stereocenters. The minimum Gasteiger partial charge on any atom is -0.490 e. The quantitative estimate of drug-likeness (QED) is 0.139. The van der Waals surface area contributed by atoms with Crippen LogP contribution in [0.2, 0.25) is 0 Å². The number of benzene rings is 2. The zero-order chi connectivity index (χ0) is 29.1. The van der Waals surface area contributed by atoms with E-state index in [2.05, 4.69) is 13.2 Å². The van der Waals surface area contributed by atoms with Crippen molar-refractivity contribution in [3.05, 3.63) is 59.7 Å². The summed E-state index contributed by atoms with van der Waals surface area (Å²) >= 11 is 0. The predicted molar refractivity (Wildman–Crippen MR) is 151 cm³/mol. The molecule has 2 aromatic rings. The Hall–Kier alpha value is -3.94. The second kappa shape index (κ2) is 14.9. The van der Waals surface area contributed by atoms with E-state index in [1.807, 2.05) is 46.8 Å². The maximum atomic E-state index is 12.7. The third-order valence-corrected chi connectivity index (χ3v) is 5.64. The number of hydrogen-bond acceptors (Lipinski definition) is 8. The van der Waals surface area contributed by atoms with Crippen LogP contribution in [0.25, 0.3) is 0 Å². The second-order valence-corrected chi connectivity index (χ2v) is 8.65. The third kappa shape index (κ3) is 7.56. The molecule has 0 aromatic heterocycles. The average molecular weight is 541 g/mol. The first kappa shape index (κ1) is 31.3. The van der Waals surface area contributed by atoms with Crippen LogP contribution in [-0.2, 0) is 9.59 Å². The fraction of sp³-hybridized carbons (Fsp3) is 0.419. The fourth-order valence-corrected chi connectivity index (χ4v) is 3.95. The summed E-state index contributed by atoms with van der Waals surface area (Å²) in [5, 5.41) is 0. The summed E-state index contributed by atoms with van der Waals surface area (Å²) in [6, 6.07) is 7.21. The van der Waals surface area contributed by atoms with Gasteiger partial charge in [-0.3, -0.25) is 0 Å². The van der Waals surface area contributed by atoms with Crippen LogP contribution < -0.4 is 28.4 Å². The molecule has 8 nitrogen and oxygen atoms in total. The highest BCUT2D eigenvalue weighted by Crippen LogP contribution is 2.50. The number of esters is 2. The van der Waals surface area contributed by atoms with E-state index in [0.717, 1.165) is 0 Å². The van der Waals surface area contributed by atoms with Gasteiger partial charge in [-0.05, 0) is 60.1 Å². The number of hydrogen-bond donors (Lipinski definition) is 0. The summed E-state index contributed by atoms with van der Waals surface area (Å²) in [4.78, 5) is 25.5. The zero-order valence-corrected chi connectivity index (χ0v) is 24.1. The zero-order valence-electron chi connectivity index (χ0n) is 24.1. The summed E-state index contributed by atoms with van der Waals surface area (Å²) in [5.74, 6) is 0.320. The van der Waals surface area contributed by atoms with E-state index in [9.17, 15) is 9.59 Å². The molecule has 0 aliphatic heterocycles. The predicted octanol–water partition coefficient (Wildman–Crippen LogP) is 6.79. The number of carbonyl (C=O) groups excluding carboxylic acids is 2. The Balaban J connectivity index is 2.91. The van der Waals surface area contributed by atoms with Crippen molar-refractivity contribution in [1.82, 2.24) is 0 Å². The molecule has 0 N–H and O–H groups in total. The van der Waals surface area contributed by atoms with E-state index in [0.29, 0.717) is 67.0 Å². The van der Waals surface area contributed by atoms with Gasteiger partial charge in [-0.25, -0.2) is 9.59 Å². The van der Waals surface area contributed by atoms with E-state index in [4.69, 9.17) is 28.4 Å². The number of rotatable bonds is 15. The second-order valence-electron chi connectivity index (χ2n) is 8.65. The van der Waals surface area contributed by atoms with E-state index < -0.39 is 17.9 Å². The van der Waals surface area contributed by atoms with Crippen LogP contribution in [-0.4, -0.2) is 38.4 Å². The maximum absolute atomic E-state index is 12.7. The highest BCUT2D eigenvalue weighted by atomic mass is 16.6. The molecule has 212 valence electrons. The molecular weight excluding hydrogens is 500 g/mol. The van der Waals surface area contributed by atoms with Crippen LogP contribution in [0.15, 0.2) is 48.6 Å². The molecule has 2 rings (SSSR count). The van der Waals surface area contributed by atoms with Crippen LogP contribution in [0, 0.1) is 0 Å². The topological polar surface area (TPSA) is 89.5 Å². The largest absolute Gasteiger partial charge is 0.490 e. The number of ether oxygens (including phenoxy) is 6. The first-order valence-electron chi connectivity index (χ1n) is 13.2. The SMILES string of the molecule is C=C(C)C(=O)Oc1c(C(CC)c2ccc(OCC)c(OCC)c2OC(=O)C(=C)C)ccc(OCC)c1OCC. The van der Waals surface area contributed by atoms with Gasteiger partial charge in [-0.2, -0.15) is 0 Å². The Morgan fingerprint density at radius 1 is 0.615 bits per heavy atom. The molecule has 0 aliphatic carbocycles. The van der Waals surface area contributed by atoms with Gasteiger partial charge in [-0.1, -0.05) is 32.2 Å². The van der Waals surface area contributed by atoms with Gasteiger partial charge < -0.3 is 28.4 Å². The van der Waals surface area contributed by atoms with Gasteiger partial charge in [0.2, 0.25) is 11.5 Å². The van der Waals surface area contributed by atoms with Crippen LogP contribution in [0.1, 0.15) is 71.9 Å². The lowest BCUT2D eigenvalue weighted by molar-refractivity contribution is -0.131. The van der Waals surface area contributed by atoms with Gasteiger partial charge in [0.15, 0.2) is 23.0 Å². The van der Waals surface area contributed by atoms with E-state index in [1.54, 1.807) is 26.0 Å². The molecule has 0 amide bonds. The minimum absolute atomic E-state index is 0.215. The molecule has 0 fully saturated rings. The summed E-state index contributed by atoms with van der Waals surface area (Å²) in [6.45, 7) is 21.4. The highest BCUT2D eigenvalue weighted by Gasteiger charge is 2.30. The molecule has 0 saturated carbocycles. The van der Waals surface area contributed by atoms with Crippen molar-refractivity contribution < 1.29 is 38.0 Å². The Labute approximate surface area is 231 Å². The fourth-order valence-electron chi connectivity index (χ4n) is 3.95. The van der Waals surface area contributed by atoms with Crippen molar-refractivity contribution in [3.8, 4) is 34.5 Å². The van der Waals surface area contributed by atoms with Crippen molar-refractivity contribution in [1.29, 1.82) is 0 Å². The highest BCUT2D eigenvalue weighted by molar-refractivity contribution is 5.90. The van der Waals surface area contributed by atoms with Crippen LogP contribution >= 0.6 is 0 Å². The van der Waals surface area contributed by atoms with Gasteiger partial charge in [0.05, 0.1) is 26.4 Å². The standard InChI is InChI=1S/C31H40O8/c1-10-21(22-15-17-24(34-11-2)28(36-13-4)26(22)38-30(32)19(6)7)23-16-18-25(35-12-3)29(37-14-5)27(23)39-31(33)20(8)9/h15-18,21H,6,8,10-14H2,1-5,7,9H3. The summed E-state index contributed by atoms with van der Waals surface area (Å²) < 4.78 is 35.2. The van der Waals surface area contributed by atoms with Gasteiger partial charge in [0.1, 0.15) is 0 Å². The molecular formula is C31H40O8. The monoisotopic (exact) mass is 540 g/mol. The molecule has 2 aromatic carbocycles. The van der Waals surface area contributed by atoms with Gasteiger partial charge in [0.25, 0.3) is 0 Å². The summed E-state index contributed by atoms with van der Waals surface area (Å²) in [6.07, 6.45) is 0.550. The van der Waals surface area contributed by atoms with Crippen molar-refractivity contribution in [3.63, 3.8) is 0 Å².